The Morgan fingerprint density at radius 3 is 2.72 bits per heavy atom. The van der Waals surface area contributed by atoms with Gasteiger partial charge < -0.3 is 15.2 Å². The van der Waals surface area contributed by atoms with Crippen molar-refractivity contribution in [2.24, 2.45) is 0 Å². The van der Waals surface area contributed by atoms with E-state index in [1.807, 2.05) is 12.1 Å². The Hall–Kier alpha value is -2.89. The molecular formula is C23H29N5O. The summed E-state index contributed by atoms with van der Waals surface area (Å²) >= 11 is 0. The lowest BCUT2D eigenvalue weighted by atomic mass is 9.96. The van der Waals surface area contributed by atoms with Gasteiger partial charge in [-0.25, -0.2) is 14.8 Å². The van der Waals surface area contributed by atoms with Crippen molar-refractivity contribution in [3.63, 3.8) is 0 Å². The lowest BCUT2D eigenvalue weighted by Gasteiger charge is -2.22. The van der Waals surface area contributed by atoms with Crippen LogP contribution in [0.4, 0.5) is 4.79 Å². The quantitative estimate of drug-likeness (QED) is 0.611. The highest BCUT2D eigenvalue weighted by atomic mass is 16.2. The molecule has 0 saturated heterocycles. The number of amides is 2. The molecule has 0 unspecified atom stereocenters. The minimum absolute atomic E-state index is 0.0516. The molecule has 2 heterocycles. The second-order valence-corrected chi connectivity index (χ2v) is 7.89. The normalized spacial score (nSPS) is 14.8. The van der Waals surface area contributed by atoms with Gasteiger partial charge in [0.05, 0.1) is 0 Å². The SMILES string of the molecule is Cc1ccc(-c2nc3cccnc3n2CCCNC(=O)NC2CCCCC2)cc1. The van der Waals surface area contributed by atoms with Gasteiger partial charge in [-0.15, -0.1) is 0 Å². The van der Waals surface area contributed by atoms with Crippen molar-refractivity contribution in [3.8, 4) is 11.4 Å². The van der Waals surface area contributed by atoms with Crippen LogP contribution >= 0.6 is 0 Å². The monoisotopic (exact) mass is 391 g/mol. The molecule has 152 valence electrons. The van der Waals surface area contributed by atoms with Crippen molar-refractivity contribution in [2.75, 3.05) is 6.54 Å². The van der Waals surface area contributed by atoms with E-state index in [-0.39, 0.29) is 6.03 Å². The minimum atomic E-state index is -0.0516. The zero-order valence-electron chi connectivity index (χ0n) is 17.0. The first-order chi connectivity index (χ1) is 14.2. The molecule has 6 nitrogen and oxygen atoms in total. The molecule has 0 bridgehead atoms. The molecule has 3 aromatic rings. The van der Waals surface area contributed by atoms with Gasteiger partial charge in [-0.05, 0) is 38.3 Å². The molecule has 2 N–H and O–H groups in total. The highest BCUT2D eigenvalue weighted by Gasteiger charge is 2.16. The molecule has 1 saturated carbocycles. The number of pyridine rings is 1. The Morgan fingerprint density at radius 1 is 1.14 bits per heavy atom. The Balaban J connectivity index is 1.40. The van der Waals surface area contributed by atoms with Crippen LogP contribution in [-0.2, 0) is 6.54 Å². The zero-order chi connectivity index (χ0) is 20.1. The molecule has 0 radical (unpaired) electrons. The minimum Gasteiger partial charge on any atom is -0.338 e. The van der Waals surface area contributed by atoms with Crippen molar-refractivity contribution in [1.82, 2.24) is 25.2 Å². The van der Waals surface area contributed by atoms with Gasteiger partial charge in [-0.3, -0.25) is 0 Å². The Bertz CT molecular complexity index is 957. The topological polar surface area (TPSA) is 71.8 Å². The highest BCUT2D eigenvalue weighted by Crippen LogP contribution is 2.24. The van der Waals surface area contributed by atoms with E-state index in [0.29, 0.717) is 12.6 Å². The Morgan fingerprint density at radius 2 is 1.93 bits per heavy atom. The Labute approximate surface area is 171 Å². The van der Waals surface area contributed by atoms with Crippen LogP contribution in [0.3, 0.4) is 0 Å². The third-order valence-corrected chi connectivity index (χ3v) is 5.60. The largest absolute Gasteiger partial charge is 0.338 e. The number of rotatable bonds is 6. The fourth-order valence-electron chi connectivity index (χ4n) is 4.02. The second-order valence-electron chi connectivity index (χ2n) is 7.89. The number of hydrogen-bond donors (Lipinski definition) is 2. The molecule has 29 heavy (non-hydrogen) atoms. The smallest absolute Gasteiger partial charge is 0.315 e. The van der Waals surface area contributed by atoms with Crippen LogP contribution in [0.25, 0.3) is 22.6 Å². The summed E-state index contributed by atoms with van der Waals surface area (Å²) in [6, 6.07) is 12.6. The van der Waals surface area contributed by atoms with Gasteiger partial charge in [0.25, 0.3) is 0 Å². The summed E-state index contributed by atoms with van der Waals surface area (Å²) in [7, 11) is 0. The number of aryl methyl sites for hydroxylation is 2. The average molecular weight is 392 g/mol. The summed E-state index contributed by atoms with van der Waals surface area (Å²) in [5, 5.41) is 6.11. The van der Waals surface area contributed by atoms with E-state index in [0.717, 1.165) is 48.4 Å². The molecule has 6 heteroatoms. The first kappa shape index (κ1) is 19.4. The number of urea groups is 1. The second kappa shape index (κ2) is 9.07. The lowest BCUT2D eigenvalue weighted by Crippen LogP contribution is -2.43. The zero-order valence-corrected chi connectivity index (χ0v) is 17.0. The first-order valence-electron chi connectivity index (χ1n) is 10.6. The summed E-state index contributed by atoms with van der Waals surface area (Å²) < 4.78 is 2.15. The molecular weight excluding hydrogens is 362 g/mol. The first-order valence-corrected chi connectivity index (χ1v) is 10.6. The molecule has 4 rings (SSSR count). The number of carbonyl (C=O) groups is 1. The van der Waals surface area contributed by atoms with Crippen molar-refractivity contribution in [3.05, 3.63) is 48.2 Å². The predicted octanol–water partition coefficient (Wildman–Crippen LogP) is 4.43. The summed E-state index contributed by atoms with van der Waals surface area (Å²) in [4.78, 5) is 21.5. The molecule has 2 amide bonds. The molecule has 0 atom stereocenters. The van der Waals surface area contributed by atoms with Gasteiger partial charge in [-0.2, -0.15) is 0 Å². The maximum absolute atomic E-state index is 12.2. The van der Waals surface area contributed by atoms with Crippen molar-refractivity contribution < 1.29 is 4.79 Å². The van der Waals surface area contributed by atoms with E-state index in [2.05, 4.69) is 51.4 Å². The van der Waals surface area contributed by atoms with E-state index < -0.39 is 0 Å². The van der Waals surface area contributed by atoms with Crippen LogP contribution in [0.1, 0.15) is 44.1 Å². The van der Waals surface area contributed by atoms with Gasteiger partial charge in [0.15, 0.2) is 5.65 Å². The maximum Gasteiger partial charge on any atom is 0.315 e. The maximum atomic E-state index is 12.2. The fourth-order valence-corrected chi connectivity index (χ4v) is 4.02. The van der Waals surface area contributed by atoms with Gasteiger partial charge in [0, 0.05) is 30.9 Å². The van der Waals surface area contributed by atoms with E-state index >= 15 is 0 Å². The number of fused-ring (bicyclic) bond motifs is 1. The number of benzene rings is 1. The fraction of sp³-hybridized carbons (Fsp3) is 0.435. The average Bonchev–Trinajstić information content (AvgIpc) is 3.11. The molecule has 1 fully saturated rings. The van der Waals surface area contributed by atoms with Crippen LogP contribution in [0, 0.1) is 6.92 Å². The molecule has 1 aliphatic rings. The predicted molar refractivity (Wildman–Crippen MR) is 116 cm³/mol. The van der Waals surface area contributed by atoms with Gasteiger partial charge in [0.1, 0.15) is 11.3 Å². The summed E-state index contributed by atoms with van der Waals surface area (Å²) in [6.45, 7) is 3.46. The number of nitrogens with one attached hydrogen (secondary N) is 2. The van der Waals surface area contributed by atoms with Crippen molar-refractivity contribution >= 4 is 17.2 Å². The van der Waals surface area contributed by atoms with E-state index in [1.165, 1.54) is 24.8 Å². The van der Waals surface area contributed by atoms with Crippen LogP contribution < -0.4 is 10.6 Å². The van der Waals surface area contributed by atoms with Crippen LogP contribution in [0.5, 0.6) is 0 Å². The highest BCUT2D eigenvalue weighted by molar-refractivity contribution is 5.77. The molecule has 2 aromatic heterocycles. The van der Waals surface area contributed by atoms with Crippen molar-refractivity contribution in [1.29, 1.82) is 0 Å². The number of carbonyl (C=O) groups excluding carboxylic acids is 1. The number of nitrogens with zero attached hydrogens (tertiary/aromatic N) is 3. The summed E-state index contributed by atoms with van der Waals surface area (Å²) in [5.74, 6) is 0.922. The Kier molecular flexibility index (Phi) is 6.08. The van der Waals surface area contributed by atoms with Crippen molar-refractivity contribution in [2.45, 2.75) is 58.0 Å². The van der Waals surface area contributed by atoms with Gasteiger partial charge >= 0.3 is 6.03 Å². The summed E-state index contributed by atoms with van der Waals surface area (Å²) in [6.07, 6.45) is 8.53. The van der Waals surface area contributed by atoms with Crippen LogP contribution in [-0.4, -0.2) is 33.2 Å². The lowest BCUT2D eigenvalue weighted by molar-refractivity contribution is 0.232. The van der Waals surface area contributed by atoms with Crippen LogP contribution in [0.15, 0.2) is 42.6 Å². The molecule has 1 aromatic carbocycles. The summed E-state index contributed by atoms with van der Waals surface area (Å²) in [5.41, 5.74) is 4.08. The molecule has 0 aliphatic heterocycles. The van der Waals surface area contributed by atoms with E-state index in [4.69, 9.17) is 4.98 Å². The van der Waals surface area contributed by atoms with Gasteiger partial charge in [-0.1, -0.05) is 49.1 Å². The number of aromatic nitrogens is 3. The van der Waals surface area contributed by atoms with E-state index in [1.54, 1.807) is 6.20 Å². The van der Waals surface area contributed by atoms with Crippen LogP contribution in [0.2, 0.25) is 0 Å². The number of imidazole rings is 1. The third kappa shape index (κ3) is 4.75. The number of hydrogen-bond acceptors (Lipinski definition) is 3. The standard InChI is InChI=1S/C23H29N5O/c1-17-10-12-18(13-11-17)21-27-20-9-5-14-24-22(20)28(21)16-6-15-25-23(29)26-19-7-3-2-4-8-19/h5,9-14,19H,2-4,6-8,15-16H2,1H3,(H2,25,26,29). The molecule has 1 aliphatic carbocycles. The third-order valence-electron chi connectivity index (χ3n) is 5.60. The van der Waals surface area contributed by atoms with E-state index in [9.17, 15) is 4.79 Å². The molecule has 0 spiro atoms. The van der Waals surface area contributed by atoms with Gasteiger partial charge in [0.2, 0.25) is 0 Å².